The van der Waals surface area contributed by atoms with Crippen LogP contribution in [0.4, 0.5) is 0 Å². The number of likely N-dealkylation sites (N-methyl/N-ethyl adjacent to an activating group) is 1. The van der Waals surface area contributed by atoms with Crippen molar-refractivity contribution in [3.63, 3.8) is 0 Å². The highest BCUT2D eigenvalue weighted by Crippen LogP contribution is 2.09. The first-order valence-electron chi connectivity index (χ1n) is 7.39. The maximum atomic E-state index is 5.31. The number of rotatable bonds is 8. The highest BCUT2D eigenvalue weighted by molar-refractivity contribution is 4.81. The van der Waals surface area contributed by atoms with Crippen LogP contribution in [-0.2, 0) is 4.74 Å². The molecule has 0 radical (unpaired) electrons. The molecule has 0 spiro atoms. The van der Waals surface area contributed by atoms with E-state index < -0.39 is 0 Å². The number of hydrogen-bond donors (Lipinski definition) is 1. The summed E-state index contributed by atoms with van der Waals surface area (Å²) in [4.78, 5) is 5.13. The van der Waals surface area contributed by atoms with Crippen LogP contribution in [0.2, 0.25) is 0 Å². The largest absolute Gasteiger partial charge is 0.383 e. The minimum Gasteiger partial charge on any atom is -0.383 e. The molecule has 0 aromatic carbocycles. The van der Waals surface area contributed by atoms with E-state index >= 15 is 0 Å². The van der Waals surface area contributed by atoms with Crippen LogP contribution in [0, 0.1) is 0 Å². The molecule has 0 amide bonds. The highest BCUT2D eigenvalue weighted by Gasteiger charge is 2.23. The van der Waals surface area contributed by atoms with Gasteiger partial charge in [0, 0.05) is 45.4 Å². The van der Waals surface area contributed by atoms with E-state index in [1.807, 2.05) is 0 Å². The quantitative estimate of drug-likeness (QED) is 0.703. The van der Waals surface area contributed by atoms with Gasteiger partial charge in [0.2, 0.25) is 0 Å². The third kappa shape index (κ3) is 5.22. The predicted octanol–water partition coefficient (Wildman–Crippen LogP) is 1.03. The number of hydrogen-bond acceptors (Lipinski definition) is 4. The van der Waals surface area contributed by atoms with Gasteiger partial charge in [0.1, 0.15) is 0 Å². The molecule has 0 aromatic heterocycles. The van der Waals surface area contributed by atoms with Crippen molar-refractivity contribution in [1.82, 2.24) is 15.1 Å². The van der Waals surface area contributed by atoms with Crippen LogP contribution in [0.1, 0.15) is 27.2 Å². The Hall–Kier alpha value is -0.160. The summed E-state index contributed by atoms with van der Waals surface area (Å²) in [6.45, 7) is 14.5. The number of nitrogens with one attached hydrogen (secondary N) is 1. The molecular formula is C14H31N3O. The van der Waals surface area contributed by atoms with E-state index in [1.54, 1.807) is 7.11 Å². The second kappa shape index (κ2) is 8.86. The molecule has 18 heavy (non-hydrogen) atoms. The molecule has 1 heterocycles. The molecule has 0 bridgehead atoms. The molecule has 1 N–H and O–H groups in total. The van der Waals surface area contributed by atoms with Crippen LogP contribution in [0.25, 0.3) is 0 Å². The van der Waals surface area contributed by atoms with Crippen LogP contribution >= 0.6 is 0 Å². The molecule has 4 heteroatoms. The van der Waals surface area contributed by atoms with Crippen molar-refractivity contribution < 1.29 is 4.74 Å². The third-order valence-electron chi connectivity index (χ3n) is 3.78. The Bertz CT molecular complexity index is 213. The summed E-state index contributed by atoms with van der Waals surface area (Å²) in [5, 5.41) is 3.58. The van der Waals surface area contributed by atoms with Crippen molar-refractivity contribution >= 4 is 0 Å². The summed E-state index contributed by atoms with van der Waals surface area (Å²) >= 11 is 0. The second-order valence-corrected chi connectivity index (χ2v) is 5.34. The van der Waals surface area contributed by atoms with Gasteiger partial charge in [0.05, 0.1) is 6.61 Å². The lowest BCUT2D eigenvalue weighted by Crippen LogP contribution is -2.55. The van der Waals surface area contributed by atoms with Crippen molar-refractivity contribution in [1.29, 1.82) is 0 Å². The number of ether oxygens (including phenoxy) is 1. The van der Waals surface area contributed by atoms with E-state index in [0.717, 1.165) is 19.7 Å². The Morgan fingerprint density at radius 1 is 1.33 bits per heavy atom. The Kier molecular flexibility index (Phi) is 7.82. The first kappa shape index (κ1) is 15.9. The Balaban J connectivity index is 2.35. The van der Waals surface area contributed by atoms with Gasteiger partial charge in [-0.2, -0.15) is 0 Å². The van der Waals surface area contributed by atoms with Gasteiger partial charge in [0.15, 0.2) is 0 Å². The Morgan fingerprint density at radius 3 is 2.67 bits per heavy atom. The van der Waals surface area contributed by atoms with Gasteiger partial charge >= 0.3 is 0 Å². The fraction of sp³-hybridized carbons (Fsp3) is 1.00. The number of piperazine rings is 1. The van der Waals surface area contributed by atoms with E-state index in [9.17, 15) is 0 Å². The van der Waals surface area contributed by atoms with Crippen LogP contribution in [-0.4, -0.2) is 74.9 Å². The Morgan fingerprint density at radius 2 is 2.11 bits per heavy atom. The smallest absolute Gasteiger partial charge is 0.0628 e. The van der Waals surface area contributed by atoms with Gasteiger partial charge in [-0.15, -0.1) is 0 Å². The zero-order valence-electron chi connectivity index (χ0n) is 12.6. The van der Waals surface area contributed by atoms with Crippen LogP contribution in [0.3, 0.4) is 0 Å². The average molecular weight is 257 g/mol. The minimum atomic E-state index is 0.468. The monoisotopic (exact) mass is 257 g/mol. The topological polar surface area (TPSA) is 27.7 Å². The number of methoxy groups -OCH3 is 1. The van der Waals surface area contributed by atoms with Crippen molar-refractivity contribution in [2.45, 2.75) is 39.3 Å². The van der Waals surface area contributed by atoms with Crippen LogP contribution in [0.15, 0.2) is 0 Å². The standard InChI is InChI=1S/C14H31N3O/c1-5-7-15-14(12-18-4)11-16-8-9-17(6-2)13(3)10-16/h13-15H,5-12H2,1-4H3. The SMILES string of the molecule is CCCNC(COC)CN1CCN(CC)C(C)C1. The predicted molar refractivity (Wildman–Crippen MR) is 77.1 cm³/mol. The molecule has 0 saturated carbocycles. The summed E-state index contributed by atoms with van der Waals surface area (Å²) in [6, 6.07) is 1.15. The van der Waals surface area contributed by atoms with E-state index in [2.05, 4.69) is 35.9 Å². The fourth-order valence-electron chi connectivity index (χ4n) is 2.74. The average Bonchev–Trinajstić information content (AvgIpc) is 2.36. The normalized spacial score (nSPS) is 24.3. The lowest BCUT2D eigenvalue weighted by atomic mass is 10.1. The lowest BCUT2D eigenvalue weighted by molar-refractivity contribution is 0.0683. The molecule has 0 aliphatic carbocycles. The van der Waals surface area contributed by atoms with E-state index in [4.69, 9.17) is 4.74 Å². The molecule has 108 valence electrons. The zero-order chi connectivity index (χ0) is 13.4. The number of nitrogens with zero attached hydrogens (tertiary/aromatic N) is 2. The highest BCUT2D eigenvalue weighted by atomic mass is 16.5. The molecule has 1 saturated heterocycles. The maximum Gasteiger partial charge on any atom is 0.0628 e. The Labute approximate surface area is 113 Å². The van der Waals surface area contributed by atoms with Gasteiger partial charge in [-0.25, -0.2) is 0 Å². The molecule has 1 rings (SSSR count). The van der Waals surface area contributed by atoms with Crippen molar-refractivity contribution in [2.24, 2.45) is 0 Å². The van der Waals surface area contributed by atoms with Crippen LogP contribution in [0.5, 0.6) is 0 Å². The second-order valence-electron chi connectivity index (χ2n) is 5.34. The van der Waals surface area contributed by atoms with E-state index in [1.165, 1.54) is 32.6 Å². The fourth-order valence-corrected chi connectivity index (χ4v) is 2.74. The van der Waals surface area contributed by atoms with Crippen LogP contribution < -0.4 is 5.32 Å². The van der Waals surface area contributed by atoms with Crippen molar-refractivity contribution in [2.75, 3.05) is 53.0 Å². The zero-order valence-corrected chi connectivity index (χ0v) is 12.6. The third-order valence-corrected chi connectivity index (χ3v) is 3.78. The summed E-state index contributed by atoms with van der Waals surface area (Å²) in [7, 11) is 1.79. The molecule has 0 aromatic rings. The minimum absolute atomic E-state index is 0.468. The summed E-state index contributed by atoms with van der Waals surface area (Å²) < 4.78 is 5.31. The van der Waals surface area contributed by atoms with Gasteiger partial charge in [-0.3, -0.25) is 9.80 Å². The molecule has 2 atom stereocenters. The molecule has 1 aliphatic heterocycles. The maximum absolute atomic E-state index is 5.31. The molecule has 1 fully saturated rings. The molecule has 4 nitrogen and oxygen atoms in total. The van der Waals surface area contributed by atoms with Crippen molar-refractivity contribution in [3.8, 4) is 0 Å². The first-order valence-corrected chi connectivity index (χ1v) is 7.39. The summed E-state index contributed by atoms with van der Waals surface area (Å²) in [5.74, 6) is 0. The molecular weight excluding hydrogens is 226 g/mol. The lowest BCUT2D eigenvalue weighted by Gasteiger charge is -2.40. The van der Waals surface area contributed by atoms with Gasteiger partial charge in [0.25, 0.3) is 0 Å². The molecule has 1 aliphatic rings. The van der Waals surface area contributed by atoms with Crippen molar-refractivity contribution in [3.05, 3.63) is 0 Å². The summed E-state index contributed by atoms with van der Waals surface area (Å²) in [5.41, 5.74) is 0. The van der Waals surface area contributed by atoms with Gasteiger partial charge in [-0.1, -0.05) is 13.8 Å². The van der Waals surface area contributed by atoms with E-state index in [0.29, 0.717) is 12.1 Å². The van der Waals surface area contributed by atoms with E-state index in [-0.39, 0.29) is 0 Å². The summed E-state index contributed by atoms with van der Waals surface area (Å²) in [6.07, 6.45) is 1.18. The first-order chi connectivity index (χ1) is 8.71. The molecule has 2 unspecified atom stereocenters. The van der Waals surface area contributed by atoms with Gasteiger partial charge < -0.3 is 10.1 Å². The van der Waals surface area contributed by atoms with Gasteiger partial charge in [-0.05, 0) is 26.4 Å².